The number of aldehydes is 1. The van der Waals surface area contributed by atoms with Crippen molar-refractivity contribution in [3.05, 3.63) is 177 Å². The molecule has 1 unspecified atom stereocenters. The molecule has 0 saturated carbocycles. The Labute approximate surface area is 647 Å². The molecule has 98 heavy (non-hydrogen) atoms. The maximum Gasteiger partial charge on any atom is 1.00 e. The van der Waals surface area contributed by atoms with Crippen molar-refractivity contribution in [2.45, 2.75) is 195 Å². The number of carbonyl (C=O) groups is 10. The average Bonchev–Trinajstić information content (AvgIpc) is 0.936. The van der Waals surface area contributed by atoms with Crippen LogP contribution in [0, 0.1) is 0 Å². The van der Waals surface area contributed by atoms with Gasteiger partial charge in [-0.1, -0.05) is 211 Å². The number of ketones is 3. The first-order valence-electron chi connectivity index (χ1n) is 31.5. The van der Waals surface area contributed by atoms with Gasteiger partial charge in [0.15, 0.2) is 17.3 Å². The molecule has 0 fully saturated rings. The van der Waals surface area contributed by atoms with Gasteiger partial charge in [0.1, 0.15) is 6.29 Å². The van der Waals surface area contributed by atoms with Gasteiger partial charge in [0.05, 0.1) is 61.0 Å². The van der Waals surface area contributed by atoms with E-state index in [1.165, 1.54) is 122 Å². The number of esters is 3. The Balaban J connectivity index is -0.000000204. The van der Waals surface area contributed by atoms with E-state index in [1.54, 1.807) is 84.9 Å². The maximum absolute atomic E-state index is 12.0. The van der Waals surface area contributed by atoms with Crippen LogP contribution in [0.15, 0.2) is 121 Å². The van der Waals surface area contributed by atoms with E-state index in [1.807, 2.05) is 6.07 Å². The van der Waals surface area contributed by atoms with E-state index in [4.69, 9.17) is 38.4 Å². The van der Waals surface area contributed by atoms with Crippen molar-refractivity contribution in [3.8, 4) is 0 Å². The molecule has 528 valence electrons. The predicted octanol–water partition coefficient (Wildman–Crippen LogP) is 7.02. The molecule has 0 aliphatic heterocycles. The Morgan fingerprint density at radius 3 is 1.08 bits per heavy atom. The number of carboxylic acid groups (broad SMARTS) is 2. The number of aliphatic hydroxyl groups is 1. The Hall–Kier alpha value is -5.34. The standard InChI is InChI=1S/C16H24O3.C16H22O3.2C15H20O3.C9H8O3.CH2Cl2.CH2O3.CH4.Li.2Na.H2O/c2*1-3-4-5-6-7-11-15(17)13-9-8-10-14(12-13)16(18)19-2;2*1-2-3-4-5-6-10-14(16)12-8-7-9-13(11-12)15(17)18;1-12-9(11)8-4-2-3-7(5-8)6-10;2-1-3;2-1-4-3;;;;;/h8-10,12,15,17H,3-7,11H2,1-2H3;8-10,12H,3-7,11H2,1-2H3;2*7-9,11H,2-6,10H2,1H3,(H,17,18);2-6H,1H3;1H2;1,3H;1H4;;;;1H2/q;;;;;;;;3*+1;/p-3. The van der Waals surface area contributed by atoms with Crippen molar-refractivity contribution in [2.24, 2.45) is 0 Å². The number of benzene rings is 5. The molecule has 0 aromatic heterocycles. The summed E-state index contributed by atoms with van der Waals surface area (Å²) in [6, 6.07) is 32.4. The minimum absolute atomic E-state index is 0. The normalized spacial score (nSPS) is 9.62. The van der Waals surface area contributed by atoms with Crippen LogP contribution in [0.1, 0.15) is 294 Å². The first kappa shape index (κ1) is 106. The molecule has 0 saturated heterocycles. The van der Waals surface area contributed by atoms with Crippen molar-refractivity contribution in [1.82, 2.24) is 0 Å². The summed E-state index contributed by atoms with van der Waals surface area (Å²) in [4.78, 5) is 112. The van der Waals surface area contributed by atoms with Gasteiger partial charge in [0, 0.05) is 41.5 Å². The summed E-state index contributed by atoms with van der Waals surface area (Å²) in [5, 5.41) is 38.3. The second-order valence-corrected chi connectivity index (χ2v) is 21.8. The zero-order valence-electron chi connectivity index (χ0n) is 58.6. The third-order valence-electron chi connectivity index (χ3n) is 13.7. The second-order valence-electron chi connectivity index (χ2n) is 21.0. The number of hydrogen-bond acceptors (Lipinski definition) is 18. The first-order valence-corrected chi connectivity index (χ1v) is 32.6. The number of methoxy groups -OCH3 is 3. The summed E-state index contributed by atoms with van der Waals surface area (Å²) in [6.45, 7) is 8.48. The molecular formula is C74H101Cl2LiNa2O19. The molecule has 3 N–H and O–H groups in total. The Morgan fingerprint density at radius 2 is 0.745 bits per heavy atom. The molecule has 0 spiro atoms. The summed E-state index contributed by atoms with van der Waals surface area (Å²) < 4.78 is 13.8. The number of halogens is 2. The number of carbonyl (C=O) groups excluding carboxylic acids is 9. The van der Waals surface area contributed by atoms with E-state index in [9.17, 15) is 53.4 Å². The van der Waals surface area contributed by atoms with Crippen molar-refractivity contribution >= 4 is 83.2 Å². The minimum Gasteiger partial charge on any atom is -0.870 e. The van der Waals surface area contributed by atoms with Gasteiger partial charge in [0.2, 0.25) is 0 Å². The van der Waals surface area contributed by atoms with E-state index >= 15 is 0 Å². The molecular weight excluding hydrogens is 1320 g/mol. The molecule has 0 heterocycles. The fraction of sp³-hybridized carbons (Fsp3) is 0.459. The van der Waals surface area contributed by atoms with Crippen LogP contribution >= 0.6 is 23.2 Å². The minimum atomic E-state index is -1.24. The maximum atomic E-state index is 12.0. The van der Waals surface area contributed by atoms with Crippen LogP contribution in [0.2, 0.25) is 0 Å². The van der Waals surface area contributed by atoms with Crippen LogP contribution in [0.25, 0.3) is 0 Å². The zero-order chi connectivity index (χ0) is 70.0. The molecule has 0 bridgehead atoms. The average molecular weight is 1420 g/mol. The third-order valence-corrected chi connectivity index (χ3v) is 13.7. The van der Waals surface area contributed by atoms with E-state index in [2.05, 4.69) is 46.8 Å². The van der Waals surface area contributed by atoms with Gasteiger partial charge in [-0.15, -0.1) is 23.2 Å². The van der Waals surface area contributed by atoms with Crippen molar-refractivity contribution < 1.29 is 171 Å². The molecule has 24 heteroatoms. The molecule has 19 nitrogen and oxygen atoms in total. The van der Waals surface area contributed by atoms with Crippen LogP contribution in [-0.2, 0) is 23.9 Å². The summed E-state index contributed by atoms with van der Waals surface area (Å²) in [5.41, 5.74) is 4.37. The van der Waals surface area contributed by atoms with E-state index in [0.29, 0.717) is 64.5 Å². The molecule has 0 aliphatic rings. The molecule has 1 atom stereocenters. The van der Waals surface area contributed by atoms with Crippen LogP contribution in [0.3, 0.4) is 0 Å². The Kier molecular flexibility index (Phi) is 77.4. The largest absolute Gasteiger partial charge is 1.00 e. The SMILES string of the molecule is C.CCCCCCCC(=O)c1cccc(C(=O)O)c1.CCCCCCCC(=O)c1cccc(C(=O)OC)c1.CCCCCCCC(=O)c1cccc(C(=O)[O-])c1.CCCCCCCC(O)c1cccc(C(=O)OC)c1.COC(=O)c1cccc(C=O)c1.ClCCl.O=CO[O-].[Li+].[Na+].[Na+].[OH-]. The Morgan fingerprint density at radius 1 is 0.459 bits per heavy atom. The van der Waals surface area contributed by atoms with E-state index in [-0.39, 0.29) is 137 Å². The van der Waals surface area contributed by atoms with E-state index < -0.39 is 30.0 Å². The monoisotopic (exact) mass is 1420 g/mol. The predicted molar refractivity (Wildman–Crippen MR) is 367 cm³/mol. The Bertz CT molecular complexity index is 2870. The van der Waals surface area contributed by atoms with Gasteiger partial charge >= 0.3 is 102 Å². The number of hydrogen-bond donors (Lipinski definition) is 2. The number of unbranched alkanes of at least 4 members (excludes halogenated alkanes) is 16. The summed E-state index contributed by atoms with van der Waals surface area (Å²) in [6.07, 6.45) is 25.0. The van der Waals surface area contributed by atoms with Gasteiger partial charge in [-0.25, -0.2) is 19.2 Å². The first-order chi connectivity index (χ1) is 44.8. The number of Topliss-reactive ketones (excluding diaryl/α,β-unsaturated/α-hetero) is 3. The van der Waals surface area contributed by atoms with Gasteiger partial charge in [-0.2, -0.15) is 0 Å². The van der Waals surface area contributed by atoms with Crippen molar-refractivity contribution in [1.29, 1.82) is 0 Å². The summed E-state index contributed by atoms with van der Waals surface area (Å²) in [7, 11) is 4.00. The van der Waals surface area contributed by atoms with E-state index in [0.717, 1.165) is 69.8 Å². The van der Waals surface area contributed by atoms with Crippen molar-refractivity contribution in [3.63, 3.8) is 0 Å². The van der Waals surface area contributed by atoms with Gasteiger partial charge in [-0.05, 0) is 91.4 Å². The number of ether oxygens (including phenoxy) is 3. The molecule has 5 aromatic carbocycles. The molecule has 5 rings (SSSR count). The number of alkyl halides is 2. The summed E-state index contributed by atoms with van der Waals surface area (Å²) >= 11 is 9.53. The fourth-order valence-corrected chi connectivity index (χ4v) is 8.64. The number of aliphatic hydroxyl groups excluding tert-OH is 1. The summed E-state index contributed by atoms with van der Waals surface area (Å²) in [5.74, 6) is -3.29. The quantitative estimate of drug-likeness (QED) is 0.00473. The molecule has 0 radical (unpaired) electrons. The smallest absolute Gasteiger partial charge is 0.870 e. The van der Waals surface area contributed by atoms with Crippen molar-refractivity contribution in [2.75, 3.05) is 26.7 Å². The number of aromatic carboxylic acids is 2. The number of rotatable bonds is 35. The van der Waals surface area contributed by atoms with Gasteiger partial charge < -0.3 is 49.9 Å². The third kappa shape index (κ3) is 52.6. The second kappa shape index (κ2) is 71.5. The van der Waals surface area contributed by atoms with Crippen LogP contribution in [-0.4, -0.2) is 102 Å². The fourth-order valence-electron chi connectivity index (χ4n) is 8.64. The van der Waals surface area contributed by atoms with Crippen LogP contribution in [0.5, 0.6) is 0 Å². The molecule has 5 aromatic rings. The number of carboxylic acids is 2. The van der Waals surface area contributed by atoms with Gasteiger partial charge in [0.25, 0.3) is 6.47 Å². The van der Waals surface area contributed by atoms with Crippen LogP contribution in [0.4, 0.5) is 0 Å². The molecule has 0 aliphatic carbocycles. The van der Waals surface area contributed by atoms with Crippen LogP contribution < -0.4 is 88.3 Å². The topological polar surface area (TPSA) is 324 Å². The van der Waals surface area contributed by atoms with Gasteiger partial charge in [-0.3, -0.25) is 24.0 Å². The zero-order valence-corrected chi connectivity index (χ0v) is 64.1. The molecule has 0 amide bonds.